The predicted molar refractivity (Wildman–Crippen MR) is 49.4 cm³/mol. The van der Waals surface area contributed by atoms with Crippen molar-refractivity contribution in [3.05, 3.63) is 29.3 Å². The van der Waals surface area contributed by atoms with Crippen molar-refractivity contribution < 1.29 is 14.3 Å². The van der Waals surface area contributed by atoms with Crippen LogP contribution in [0.15, 0.2) is 18.2 Å². The van der Waals surface area contributed by atoms with Gasteiger partial charge in [0.1, 0.15) is 5.75 Å². The zero-order chi connectivity index (χ0) is 10.1. The Morgan fingerprint density at radius 2 is 2.21 bits per heavy atom. The highest BCUT2D eigenvalue weighted by atomic mass is 16.5. The lowest BCUT2D eigenvalue weighted by atomic mass is 10.0. The SMILES string of the molecule is NC(=O)c1ccc2c(c1)C(=O)CCO2. The first-order valence-corrected chi connectivity index (χ1v) is 4.28. The van der Waals surface area contributed by atoms with Gasteiger partial charge in [0.15, 0.2) is 5.78 Å². The molecule has 0 bridgehead atoms. The summed E-state index contributed by atoms with van der Waals surface area (Å²) in [6, 6.07) is 4.64. The number of hydrogen-bond donors (Lipinski definition) is 1. The summed E-state index contributed by atoms with van der Waals surface area (Å²) in [6.45, 7) is 0.405. The van der Waals surface area contributed by atoms with Gasteiger partial charge in [-0.15, -0.1) is 0 Å². The van der Waals surface area contributed by atoms with E-state index in [9.17, 15) is 9.59 Å². The van der Waals surface area contributed by atoms with Crippen LogP contribution in [-0.2, 0) is 0 Å². The fraction of sp³-hybridized carbons (Fsp3) is 0.200. The van der Waals surface area contributed by atoms with Gasteiger partial charge in [-0.25, -0.2) is 0 Å². The van der Waals surface area contributed by atoms with Crippen LogP contribution in [0.1, 0.15) is 27.1 Å². The molecule has 0 spiro atoms. The topological polar surface area (TPSA) is 69.4 Å². The number of ketones is 1. The third-order valence-corrected chi connectivity index (χ3v) is 2.15. The first-order chi connectivity index (χ1) is 6.68. The predicted octanol–water partition coefficient (Wildman–Crippen LogP) is 0.751. The number of carbonyl (C=O) groups excluding carboxylic acids is 2. The molecule has 4 heteroatoms. The molecule has 14 heavy (non-hydrogen) atoms. The summed E-state index contributed by atoms with van der Waals surface area (Å²) < 4.78 is 5.26. The maximum Gasteiger partial charge on any atom is 0.248 e. The minimum absolute atomic E-state index is 0.00523. The average Bonchev–Trinajstić information content (AvgIpc) is 2.18. The number of primary amides is 1. The number of carbonyl (C=O) groups is 2. The number of hydrogen-bond acceptors (Lipinski definition) is 3. The standard InChI is InChI=1S/C10H9NO3/c11-10(13)6-1-2-9-7(5-6)8(12)3-4-14-9/h1-2,5H,3-4H2,(H2,11,13). The van der Waals surface area contributed by atoms with Crippen LogP contribution in [-0.4, -0.2) is 18.3 Å². The van der Waals surface area contributed by atoms with Crippen molar-refractivity contribution in [1.82, 2.24) is 0 Å². The van der Waals surface area contributed by atoms with E-state index in [2.05, 4.69) is 0 Å². The Bertz CT molecular complexity index is 412. The molecular formula is C10H9NO3. The molecule has 0 unspecified atom stereocenters. The van der Waals surface area contributed by atoms with Crippen LogP contribution in [0.4, 0.5) is 0 Å². The first-order valence-electron chi connectivity index (χ1n) is 4.28. The largest absolute Gasteiger partial charge is 0.492 e. The lowest BCUT2D eigenvalue weighted by Crippen LogP contribution is -2.17. The second kappa shape index (κ2) is 3.14. The third-order valence-electron chi connectivity index (χ3n) is 2.15. The van der Waals surface area contributed by atoms with E-state index in [1.807, 2.05) is 0 Å². The number of ether oxygens (including phenoxy) is 1. The third kappa shape index (κ3) is 1.35. The van der Waals surface area contributed by atoms with Crippen LogP contribution in [0.2, 0.25) is 0 Å². The number of amides is 1. The van der Waals surface area contributed by atoms with Crippen molar-refractivity contribution in [3.8, 4) is 5.75 Å². The van der Waals surface area contributed by atoms with E-state index in [0.29, 0.717) is 29.9 Å². The fourth-order valence-corrected chi connectivity index (χ4v) is 1.42. The van der Waals surface area contributed by atoms with E-state index in [0.717, 1.165) is 0 Å². The van der Waals surface area contributed by atoms with Gasteiger partial charge in [-0.3, -0.25) is 9.59 Å². The van der Waals surface area contributed by atoms with Crippen molar-refractivity contribution in [1.29, 1.82) is 0 Å². The molecule has 0 saturated carbocycles. The number of nitrogens with two attached hydrogens (primary N) is 1. The Labute approximate surface area is 80.7 Å². The highest BCUT2D eigenvalue weighted by Gasteiger charge is 2.19. The van der Waals surface area contributed by atoms with Gasteiger partial charge in [-0.2, -0.15) is 0 Å². The summed E-state index contributed by atoms with van der Waals surface area (Å²) in [7, 11) is 0. The second-order valence-corrected chi connectivity index (χ2v) is 3.10. The first kappa shape index (κ1) is 8.74. The minimum Gasteiger partial charge on any atom is -0.492 e. The van der Waals surface area contributed by atoms with E-state index in [-0.39, 0.29) is 5.78 Å². The normalized spacial score (nSPS) is 14.4. The highest BCUT2D eigenvalue weighted by Crippen LogP contribution is 2.25. The molecule has 72 valence electrons. The Kier molecular flexibility index (Phi) is 1.96. The van der Waals surface area contributed by atoms with Crippen LogP contribution < -0.4 is 10.5 Å². The van der Waals surface area contributed by atoms with E-state index >= 15 is 0 Å². The van der Waals surface area contributed by atoms with Crippen LogP contribution in [0.3, 0.4) is 0 Å². The maximum absolute atomic E-state index is 11.4. The van der Waals surface area contributed by atoms with Crippen LogP contribution >= 0.6 is 0 Å². The molecular weight excluding hydrogens is 182 g/mol. The molecule has 0 radical (unpaired) electrons. The molecule has 1 aliphatic heterocycles. The molecule has 4 nitrogen and oxygen atoms in total. The molecule has 1 heterocycles. The van der Waals surface area contributed by atoms with Gasteiger partial charge in [0.25, 0.3) is 0 Å². The molecule has 0 saturated heterocycles. The van der Waals surface area contributed by atoms with Gasteiger partial charge in [0.2, 0.25) is 5.91 Å². The number of benzene rings is 1. The fourth-order valence-electron chi connectivity index (χ4n) is 1.42. The van der Waals surface area contributed by atoms with Gasteiger partial charge in [0, 0.05) is 12.0 Å². The minimum atomic E-state index is -0.536. The van der Waals surface area contributed by atoms with Crippen LogP contribution in [0, 0.1) is 0 Å². The van der Waals surface area contributed by atoms with Crippen molar-refractivity contribution in [2.24, 2.45) is 5.73 Å². The summed E-state index contributed by atoms with van der Waals surface area (Å²) in [5, 5.41) is 0. The molecule has 1 aromatic rings. The molecule has 0 aromatic heterocycles. The Balaban J connectivity index is 2.51. The lowest BCUT2D eigenvalue weighted by Gasteiger charge is -2.16. The van der Waals surface area contributed by atoms with E-state index < -0.39 is 5.91 Å². The van der Waals surface area contributed by atoms with E-state index in [4.69, 9.17) is 10.5 Å². The summed E-state index contributed by atoms with van der Waals surface area (Å²) in [5.41, 5.74) is 5.89. The number of rotatable bonds is 1. The lowest BCUT2D eigenvalue weighted by molar-refractivity contribution is 0.0933. The second-order valence-electron chi connectivity index (χ2n) is 3.10. The quantitative estimate of drug-likeness (QED) is 0.712. The molecule has 2 N–H and O–H groups in total. The van der Waals surface area contributed by atoms with Crippen molar-refractivity contribution in [2.45, 2.75) is 6.42 Å². The monoisotopic (exact) mass is 191 g/mol. The smallest absolute Gasteiger partial charge is 0.248 e. The molecule has 0 aliphatic carbocycles. The molecule has 1 amide bonds. The Hall–Kier alpha value is -1.84. The molecule has 1 aliphatic rings. The van der Waals surface area contributed by atoms with Gasteiger partial charge in [-0.05, 0) is 18.2 Å². The molecule has 1 aromatic carbocycles. The molecule has 0 atom stereocenters. The summed E-state index contributed by atoms with van der Waals surface area (Å²) in [4.78, 5) is 22.3. The van der Waals surface area contributed by atoms with Crippen LogP contribution in [0.5, 0.6) is 5.75 Å². The highest BCUT2D eigenvalue weighted by molar-refractivity contribution is 6.02. The average molecular weight is 191 g/mol. The molecule has 2 rings (SSSR count). The van der Waals surface area contributed by atoms with E-state index in [1.54, 1.807) is 12.1 Å². The molecule has 0 fully saturated rings. The van der Waals surface area contributed by atoms with Crippen molar-refractivity contribution in [3.63, 3.8) is 0 Å². The van der Waals surface area contributed by atoms with Gasteiger partial charge in [0.05, 0.1) is 12.2 Å². The van der Waals surface area contributed by atoms with Gasteiger partial charge in [-0.1, -0.05) is 0 Å². The van der Waals surface area contributed by atoms with Crippen LogP contribution in [0.25, 0.3) is 0 Å². The van der Waals surface area contributed by atoms with Gasteiger partial charge >= 0.3 is 0 Å². The maximum atomic E-state index is 11.4. The summed E-state index contributed by atoms with van der Waals surface area (Å²) in [5.74, 6) is -0.00762. The number of Topliss-reactive ketones (excluding diaryl/α,β-unsaturated/α-hetero) is 1. The Morgan fingerprint density at radius 1 is 1.43 bits per heavy atom. The summed E-state index contributed by atoms with van der Waals surface area (Å²) in [6.07, 6.45) is 0.356. The Morgan fingerprint density at radius 3 is 2.93 bits per heavy atom. The number of fused-ring (bicyclic) bond motifs is 1. The van der Waals surface area contributed by atoms with E-state index in [1.165, 1.54) is 6.07 Å². The van der Waals surface area contributed by atoms with Crippen molar-refractivity contribution in [2.75, 3.05) is 6.61 Å². The zero-order valence-electron chi connectivity index (χ0n) is 7.45. The summed E-state index contributed by atoms with van der Waals surface area (Å²) >= 11 is 0. The van der Waals surface area contributed by atoms with Crippen molar-refractivity contribution >= 4 is 11.7 Å². The zero-order valence-corrected chi connectivity index (χ0v) is 7.45. The van der Waals surface area contributed by atoms with Gasteiger partial charge < -0.3 is 10.5 Å².